The molecule has 164 valence electrons. The van der Waals surface area contributed by atoms with Crippen LogP contribution in [0.15, 0.2) is 47.4 Å². The monoisotopic (exact) mass is 430 g/mol. The standard InChI is InChI=1S/C24H26N6O2/c1-16-27-24(28-32-16)15-30-7-5-17(6-8-30)23(31)11-22-10-20-9-18(3-4-19(20)12-25-22)21-13-26-29(2)14-21/h3-4,9-10,12-14,17H,5-8,11,15H2,1-2H3. The van der Waals surface area contributed by atoms with E-state index in [1.165, 1.54) is 0 Å². The molecule has 3 aromatic heterocycles. The van der Waals surface area contributed by atoms with Crippen LogP contribution < -0.4 is 0 Å². The first kappa shape index (κ1) is 20.5. The molecule has 32 heavy (non-hydrogen) atoms. The fraction of sp³-hybridized carbons (Fsp3) is 0.375. The number of carbonyl (C=O) groups is 1. The summed E-state index contributed by atoms with van der Waals surface area (Å²) in [6, 6.07) is 8.33. The van der Waals surface area contributed by atoms with Gasteiger partial charge in [0.15, 0.2) is 5.82 Å². The van der Waals surface area contributed by atoms with Crippen LogP contribution in [0.3, 0.4) is 0 Å². The van der Waals surface area contributed by atoms with Crippen molar-refractivity contribution >= 4 is 16.6 Å². The Kier molecular flexibility index (Phi) is 5.53. The molecule has 8 nitrogen and oxygen atoms in total. The predicted octanol–water partition coefficient (Wildman–Crippen LogP) is 3.35. The molecule has 0 radical (unpaired) electrons. The van der Waals surface area contributed by atoms with Crippen molar-refractivity contribution in [2.24, 2.45) is 13.0 Å². The molecule has 0 bridgehead atoms. The van der Waals surface area contributed by atoms with Crippen LogP contribution in [0.5, 0.6) is 0 Å². The summed E-state index contributed by atoms with van der Waals surface area (Å²) in [6.45, 7) is 4.19. The molecule has 0 spiro atoms. The summed E-state index contributed by atoms with van der Waals surface area (Å²) in [4.78, 5) is 24.0. The van der Waals surface area contributed by atoms with Crippen molar-refractivity contribution in [3.8, 4) is 11.1 Å². The van der Waals surface area contributed by atoms with E-state index in [1.54, 1.807) is 11.6 Å². The van der Waals surface area contributed by atoms with Gasteiger partial charge in [0.05, 0.1) is 12.7 Å². The summed E-state index contributed by atoms with van der Waals surface area (Å²) in [5.74, 6) is 1.64. The second-order valence-electron chi connectivity index (χ2n) is 8.56. The third kappa shape index (κ3) is 4.45. The quantitative estimate of drug-likeness (QED) is 0.463. The minimum atomic E-state index is 0.0810. The summed E-state index contributed by atoms with van der Waals surface area (Å²) >= 11 is 0. The van der Waals surface area contributed by atoms with Crippen LogP contribution in [0.4, 0.5) is 0 Å². The van der Waals surface area contributed by atoms with Gasteiger partial charge >= 0.3 is 0 Å². The number of piperidine rings is 1. The summed E-state index contributed by atoms with van der Waals surface area (Å²) in [5.41, 5.74) is 3.01. The van der Waals surface area contributed by atoms with Crippen LogP contribution in [0, 0.1) is 12.8 Å². The first-order chi connectivity index (χ1) is 15.5. The maximum atomic E-state index is 13.0. The van der Waals surface area contributed by atoms with Gasteiger partial charge in [0.25, 0.3) is 0 Å². The van der Waals surface area contributed by atoms with Crippen LogP contribution in [0.25, 0.3) is 21.9 Å². The summed E-state index contributed by atoms with van der Waals surface area (Å²) < 4.78 is 6.84. The molecule has 0 unspecified atom stereocenters. The highest BCUT2D eigenvalue weighted by atomic mass is 16.5. The molecule has 0 atom stereocenters. The second kappa shape index (κ2) is 8.63. The Morgan fingerprint density at radius 2 is 1.97 bits per heavy atom. The number of rotatable bonds is 6. The number of carbonyl (C=O) groups excluding carboxylic acids is 1. The lowest BCUT2D eigenvalue weighted by atomic mass is 9.90. The van der Waals surface area contributed by atoms with Gasteiger partial charge in [-0.05, 0) is 49.0 Å². The highest BCUT2D eigenvalue weighted by Crippen LogP contribution is 2.25. The first-order valence-electron chi connectivity index (χ1n) is 11.0. The number of hydrogen-bond donors (Lipinski definition) is 0. The molecule has 8 heteroatoms. The average Bonchev–Trinajstić information content (AvgIpc) is 3.41. The van der Waals surface area contributed by atoms with Crippen LogP contribution in [0.1, 0.15) is 30.3 Å². The van der Waals surface area contributed by atoms with Crippen molar-refractivity contribution in [1.82, 2.24) is 29.8 Å². The lowest BCUT2D eigenvalue weighted by Gasteiger charge is -2.30. The van der Waals surface area contributed by atoms with E-state index in [2.05, 4.69) is 43.3 Å². The van der Waals surface area contributed by atoms with Gasteiger partial charge < -0.3 is 4.52 Å². The van der Waals surface area contributed by atoms with Crippen molar-refractivity contribution in [2.45, 2.75) is 32.7 Å². The minimum Gasteiger partial charge on any atom is -0.340 e. The Morgan fingerprint density at radius 3 is 2.69 bits per heavy atom. The Morgan fingerprint density at radius 1 is 1.12 bits per heavy atom. The lowest BCUT2D eigenvalue weighted by Crippen LogP contribution is -2.36. The van der Waals surface area contributed by atoms with Gasteiger partial charge in [-0.25, -0.2) is 0 Å². The Bertz CT molecular complexity index is 1250. The van der Waals surface area contributed by atoms with Crippen LogP contribution in [-0.2, 0) is 24.8 Å². The minimum absolute atomic E-state index is 0.0810. The molecular formula is C24H26N6O2. The van der Waals surface area contributed by atoms with E-state index >= 15 is 0 Å². The molecular weight excluding hydrogens is 404 g/mol. The fourth-order valence-electron chi connectivity index (χ4n) is 4.37. The number of pyridine rings is 1. The number of aromatic nitrogens is 5. The zero-order chi connectivity index (χ0) is 22.1. The molecule has 4 heterocycles. The Hall–Kier alpha value is -3.39. The third-order valence-corrected chi connectivity index (χ3v) is 6.15. The Balaban J connectivity index is 1.22. The van der Waals surface area contributed by atoms with E-state index in [0.717, 1.165) is 53.5 Å². The van der Waals surface area contributed by atoms with Gasteiger partial charge in [0.1, 0.15) is 5.78 Å². The molecule has 1 fully saturated rings. The van der Waals surface area contributed by atoms with Crippen molar-refractivity contribution < 1.29 is 9.32 Å². The SMILES string of the molecule is Cc1nc(CN2CCC(C(=O)Cc3cc4cc(-c5cnn(C)c5)ccc4cn3)CC2)no1. The lowest BCUT2D eigenvalue weighted by molar-refractivity contribution is -0.123. The molecule has 0 aliphatic carbocycles. The summed E-state index contributed by atoms with van der Waals surface area (Å²) in [5, 5.41) is 10.4. The van der Waals surface area contributed by atoms with Gasteiger partial charge in [0, 0.05) is 55.3 Å². The number of aryl methyl sites for hydroxylation is 2. The van der Waals surface area contributed by atoms with Crippen molar-refractivity contribution in [2.75, 3.05) is 13.1 Å². The van der Waals surface area contributed by atoms with Crippen LogP contribution in [0.2, 0.25) is 0 Å². The molecule has 5 rings (SSSR count). The fourth-order valence-corrected chi connectivity index (χ4v) is 4.37. The van der Waals surface area contributed by atoms with Gasteiger partial charge in [-0.2, -0.15) is 10.1 Å². The number of nitrogens with zero attached hydrogens (tertiary/aromatic N) is 6. The van der Waals surface area contributed by atoms with E-state index in [1.807, 2.05) is 31.7 Å². The van der Waals surface area contributed by atoms with Gasteiger partial charge in [0.2, 0.25) is 5.89 Å². The normalized spacial score (nSPS) is 15.4. The van der Waals surface area contributed by atoms with Crippen molar-refractivity contribution in [3.05, 3.63) is 60.3 Å². The number of likely N-dealkylation sites (tertiary alicyclic amines) is 1. The third-order valence-electron chi connectivity index (χ3n) is 6.15. The summed E-state index contributed by atoms with van der Waals surface area (Å²) in [6.07, 6.45) is 7.81. The Labute approximate surface area is 186 Å². The molecule has 1 aliphatic heterocycles. The van der Waals surface area contributed by atoms with E-state index in [9.17, 15) is 4.79 Å². The smallest absolute Gasteiger partial charge is 0.223 e. The van der Waals surface area contributed by atoms with E-state index in [0.29, 0.717) is 24.7 Å². The average molecular weight is 431 g/mol. The van der Waals surface area contributed by atoms with Crippen molar-refractivity contribution in [1.29, 1.82) is 0 Å². The van der Waals surface area contributed by atoms with Crippen molar-refractivity contribution in [3.63, 3.8) is 0 Å². The largest absolute Gasteiger partial charge is 0.340 e. The van der Waals surface area contributed by atoms with Crippen LogP contribution >= 0.6 is 0 Å². The zero-order valence-corrected chi connectivity index (χ0v) is 18.4. The second-order valence-corrected chi connectivity index (χ2v) is 8.56. The van der Waals surface area contributed by atoms with E-state index in [-0.39, 0.29) is 11.7 Å². The number of hydrogen-bond acceptors (Lipinski definition) is 7. The van der Waals surface area contributed by atoms with E-state index in [4.69, 9.17) is 4.52 Å². The maximum Gasteiger partial charge on any atom is 0.223 e. The molecule has 0 amide bonds. The topological polar surface area (TPSA) is 89.9 Å². The molecule has 0 saturated carbocycles. The zero-order valence-electron chi connectivity index (χ0n) is 18.4. The molecule has 1 saturated heterocycles. The maximum absolute atomic E-state index is 13.0. The van der Waals surface area contributed by atoms with Crippen LogP contribution in [-0.4, -0.2) is 48.7 Å². The molecule has 1 aliphatic rings. The number of ketones is 1. The highest BCUT2D eigenvalue weighted by Gasteiger charge is 2.26. The van der Waals surface area contributed by atoms with E-state index < -0.39 is 0 Å². The molecule has 1 aromatic carbocycles. The van der Waals surface area contributed by atoms with Gasteiger partial charge in [-0.15, -0.1) is 0 Å². The molecule has 0 N–H and O–H groups in total. The number of benzene rings is 1. The van der Waals surface area contributed by atoms with Gasteiger partial charge in [-0.1, -0.05) is 17.3 Å². The highest BCUT2D eigenvalue weighted by molar-refractivity contribution is 5.88. The summed E-state index contributed by atoms with van der Waals surface area (Å²) in [7, 11) is 1.91. The first-order valence-corrected chi connectivity index (χ1v) is 11.0. The molecule has 4 aromatic rings. The number of Topliss-reactive ketones (excluding diaryl/α,β-unsaturated/α-hetero) is 1. The number of fused-ring (bicyclic) bond motifs is 1. The van der Waals surface area contributed by atoms with Gasteiger partial charge in [-0.3, -0.25) is 19.4 Å². The predicted molar refractivity (Wildman–Crippen MR) is 120 cm³/mol.